The number of rotatable bonds is 9. The second kappa shape index (κ2) is 10.4. The van der Waals surface area contributed by atoms with E-state index < -0.39 is 5.97 Å². The summed E-state index contributed by atoms with van der Waals surface area (Å²) in [5, 5.41) is 2.74. The molecule has 0 aromatic heterocycles. The molecular weight excluding hydrogens is 342 g/mol. The van der Waals surface area contributed by atoms with Crippen molar-refractivity contribution in [1.82, 2.24) is 0 Å². The lowest BCUT2D eigenvalue weighted by atomic mass is 9.99. The number of amides is 1. The minimum Gasteiger partial charge on any atom is -0.496 e. The molecule has 144 valence electrons. The number of hydrogen-bond acceptors (Lipinski definition) is 4. The number of ether oxygens (including phenoxy) is 2. The molecule has 5 heteroatoms. The van der Waals surface area contributed by atoms with Crippen LogP contribution in [-0.2, 0) is 20.7 Å². The van der Waals surface area contributed by atoms with Crippen LogP contribution in [0.4, 0.5) is 5.69 Å². The first-order chi connectivity index (χ1) is 13.0. The van der Waals surface area contributed by atoms with Crippen molar-refractivity contribution in [3.63, 3.8) is 0 Å². The van der Waals surface area contributed by atoms with E-state index in [1.54, 1.807) is 7.11 Å². The zero-order valence-corrected chi connectivity index (χ0v) is 16.2. The SMILES string of the molecule is CC[C@@H](C)c1ccc(NC(=O)COC(=O)CCc2ccccc2OC)cc1. The first-order valence-corrected chi connectivity index (χ1v) is 9.20. The normalized spacial score (nSPS) is 11.5. The maximum Gasteiger partial charge on any atom is 0.306 e. The van der Waals surface area contributed by atoms with Gasteiger partial charge in [-0.25, -0.2) is 0 Å². The highest BCUT2D eigenvalue weighted by Gasteiger charge is 2.10. The van der Waals surface area contributed by atoms with Crippen molar-refractivity contribution in [2.24, 2.45) is 0 Å². The van der Waals surface area contributed by atoms with Crippen molar-refractivity contribution >= 4 is 17.6 Å². The summed E-state index contributed by atoms with van der Waals surface area (Å²) in [6.45, 7) is 4.01. The van der Waals surface area contributed by atoms with E-state index in [4.69, 9.17) is 9.47 Å². The van der Waals surface area contributed by atoms with Crippen molar-refractivity contribution < 1.29 is 19.1 Å². The van der Waals surface area contributed by atoms with Crippen LogP contribution in [-0.4, -0.2) is 25.6 Å². The van der Waals surface area contributed by atoms with Gasteiger partial charge in [-0.1, -0.05) is 44.2 Å². The monoisotopic (exact) mass is 369 g/mol. The van der Waals surface area contributed by atoms with Crippen molar-refractivity contribution in [3.05, 3.63) is 59.7 Å². The molecule has 0 saturated heterocycles. The predicted octanol–water partition coefficient (Wildman–Crippen LogP) is 4.32. The molecule has 2 aromatic carbocycles. The fourth-order valence-corrected chi connectivity index (χ4v) is 2.69. The smallest absolute Gasteiger partial charge is 0.306 e. The highest BCUT2D eigenvalue weighted by molar-refractivity contribution is 5.92. The van der Waals surface area contributed by atoms with Gasteiger partial charge in [-0.2, -0.15) is 0 Å². The zero-order chi connectivity index (χ0) is 19.6. The Bertz CT molecular complexity index is 755. The Morgan fingerprint density at radius 2 is 1.78 bits per heavy atom. The highest BCUT2D eigenvalue weighted by Crippen LogP contribution is 2.21. The number of carbonyl (C=O) groups is 2. The third-order valence-corrected chi connectivity index (χ3v) is 4.53. The fourth-order valence-electron chi connectivity index (χ4n) is 2.69. The molecule has 1 atom stereocenters. The van der Waals surface area contributed by atoms with Gasteiger partial charge in [0.2, 0.25) is 0 Å². The molecule has 27 heavy (non-hydrogen) atoms. The average molecular weight is 369 g/mol. The molecule has 5 nitrogen and oxygen atoms in total. The molecule has 0 radical (unpaired) electrons. The zero-order valence-electron chi connectivity index (χ0n) is 16.2. The summed E-state index contributed by atoms with van der Waals surface area (Å²) >= 11 is 0. The van der Waals surface area contributed by atoms with E-state index >= 15 is 0 Å². The second-order valence-corrected chi connectivity index (χ2v) is 6.45. The van der Waals surface area contributed by atoms with E-state index in [0.29, 0.717) is 18.0 Å². The first-order valence-electron chi connectivity index (χ1n) is 9.20. The maximum atomic E-state index is 12.0. The van der Waals surface area contributed by atoms with Crippen molar-refractivity contribution in [2.75, 3.05) is 19.0 Å². The Balaban J connectivity index is 1.75. The summed E-state index contributed by atoms with van der Waals surface area (Å²) in [5.74, 6) is 0.461. The summed E-state index contributed by atoms with van der Waals surface area (Å²) in [6, 6.07) is 15.3. The van der Waals surface area contributed by atoms with Gasteiger partial charge in [0.1, 0.15) is 5.75 Å². The molecule has 0 aliphatic heterocycles. The van der Waals surface area contributed by atoms with Gasteiger partial charge in [-0.3, -0.25) is 9.59 Å². The lowest BCUT2D eigenvalue weighted by Crippen LogP contribution is -2.21. The standard InChI is InChI=1S/C22H27NO4/c1-4-16(2)17-9-12-19(13-10-17)23-21(24)15-27-22(25)14-11-18-7-5-6-8-20(18)26-3/h5-10,12-13,16H,4,11,14-15H2,1-3H3,(H,23,24)/t16-/m1/s1. The lowest BCUT2D eigenvalue weighted by Gasteiger charge is -2.11. The van der Waals surface area contributed by atoms with Crippen molar-refractivity contribution in [2.45, 2.75) is 39.0 Å². The van der Waals surface area contributed by atoms with Gasteiger partial charge < -0.3 is 14.8 Å². The molecule has 0 unspecified atom stereocenters. The Kier molecular flexibility index (Phi) is 7.86. The van der Waals surface area contributed by atoms with Gasteiger partial charge >= 0.3 is 5.97 Å². The summed E-state index contributed by atoms with van der Waals surface area (Å²) < 4.78 is 10.3. The van der Waals surface area contributed by atoms with Crippen LogP contribution in [0.15, 0.2) is 48.5 Å². The van der Waals surface area contributed by atoms with Gasteiger partial charge in [0, 0.05) is 12.1 Å². The number of para-hydroxylation sites is 1. The molecule has 0 fully saturated rings. The maximum absolute atomic E-state index is 12.0. The van der Waals surface area contributed by atoms with Crippen molar-refractivity contribution in [1.29, 1.82) is 0 Å². The minimum absolute atomic E-state index is 0.192. The molecule has 1 amide bonds. The number of carbonyl (C=O) groups excluding carboxylic acids is 2. The number of esters is 1. The average Bonchev–Trinajstić information content (AvgIpc) is 2.70. The van der Waals surface area contributed by atoms with Gasteiger partial charge in [0.05, 0.1) is 7.11 Å². The highest BCUT2D eigenvalue weighted by atomic mass is 16.5. The van der Waals surface area contributed by atoms with E-state index in [2.05, 4.69) is 19.2 Å². The Morgan fingerprint density at radius 3 is 2.44 bits per heavy atom. The number of aryl methyl sites for hydroxylation is 1. The summed E-state index contributed by atoms with van der Waals surface area (Å²) in [4.78, 5) is 23.8. The lowest BCUT2D eigenvalue weighted by molar-refractivity contribution is -0.147. The molecule has 0 aliphatic rings. The second-order valence-electron chi connectivity index (χ2n) is 6.45. The van der Waals surface area contributed by atoms with Gasteiger partial charge in [0.25, 0.3) is 5.91 Å². The number of benzene rings is 2. The predicted molar refractivity (Wildman–Crippen MR) is 106 cm³/mol. The van der Waals surface area contributed by atoms with Crippen LogP contribution in [0.2, 0.25) is 0 Å². The Labute approximate surface area is 160 Å². The van der Waals surface area contributed by atoms with Crippen LogP contribution >= 0.6 is 0 Å². The minimum atomic E-state index is -0.414. The molecular formula is C22H27NO4. The molecule has 1 N–H and O–H groups in total. The molecule has 0 saturated carbocycles. The third-order valence-electron chi connectivity index (χ3n) is 4.53. The molecule has 0 bridgehead atoms. The van der Waals surface area contributed by atoms with Crippen LogP contribution < -0.4 is 10.1 Å². The van der Waals surface area contributed by atoms with E-state index in [1.807, 2.05) is 48.5 Å². The van der Waals surface area contributed by atoms with E-state index in [9.17, 15) is 9.59 Å². The number of methoxy groups -OCH3 is 1. The van der Waals surface area contributed by atoms with E-state index in [0.717, 1.165) is 17.7 Å². The van der Waals surface area contributed by atoms with Crippen LogP contribution in [0.1, 0.15) is 43.7 Å². The van der Waals surface area contributed by atoms with Crippen LogP contribution in [0.5, 0.6) is 5.75 Å². The van der Waals surface area contributed by atoms with Crippen LogP contribution in [0.25, 0.3) is 0 Å². The summed E-state index contributed by atoms with van der Waals surface area (Å²) in [6.07, 6.45) is 1.76. The molecule has 0 heterocycles. The Hall–Kier alpha value is -2.82. The van der Waals surface area contributed by atoms with Crippen LogP contribution in [0.3, 0.4) is 0 Å². The quantitative estimate of drug-likeness (QED) is 0.669. The van der Waals surface area contributed by atoms with Gasteiger partial charge in [-0.05, 0) is 48.1 Å². The largest absolute Gasteiger partial charge is 0.496 e. The molecule has 0 spiro atoms. The van der Waals surface area contributed by atoms with Crippen molar-refractivity contribution in [3.8, 4) is 5.75 Å². The number of hydrogen-bond donors (Lipinski definition) is 1. The molecule has 2 rings (SSSR count). The number of anilines is 1. The van der Waals surface area contributed by atoms with E-state index in [1.165, 1.54) is 5.56 Å². The summed E-state index contributed by atoms with van der Waals surface area (Å²) in [7, 11) is 1.59. The van der Waals surface area contributed by atoms with E-state index in [-0.39, 0.29) is 18.9 Å². The summed E-state index contributed by atoms with van der Waals surface area (Å²) in [5.41, 5.74) is 2.86. The third kappa shape index (κ3) is 6.44. The van der Waals surface area contributed by atoms with Crippen LogP contribution in [0, 0.1) is 0 Å². The topological polar surface area (TPSA) is 64.6 Å². The fraction of sp³-hybridized carbons (Fsp3) is 0.364. The number of nitrogens with one attached hydrogen (secondary N) is 1. The van der Waals surface area contributed by atoms with Gasteiger partial charge in [-0.15, -0.1) is 0 Å². The van der Waals surface area contributed by atoms with Gasteiger partial charge in [0.15, 0.2) is 6.61 Å². The molecule has 0 aliphatic carbocycles. The molecule has 2 aromatic rings. The first kappa shape index (κ1) is 20.5. The Morgan fingerprint density at radius 1 is 1.07 bits per heavy atom.